The van der Waals surface area contributed by atoms with Gasteiger partial charge in [0.25, 0.3) is 0 Å². The number of H-pyrrole nitrogens is 1. The van der Waals surface area contributed by atoms with Crippen molar-refractivity contribution in [1.82, 2.24) is 4.98 Å². The fourth-order valence-corrected chi connectivity index (χ4v) is 1.23. The van der Waals surface area contributed by atoms with E-state index in [4.69, 9.17) is 0 Å². The summed E-state index contributed by atoms with van der Waals surface area (Å²) < 4.78 is 0. The van der Waals surface area contributed by atoms with Gasteiger partial charge in [-0.25, -0.2) is 0 Å². The third-order valence-electron chi connectivity index (χ3n) is 1.79. The maximum atomic E-state index is 3.19. The Bertz CT molecular complexity index is 184. The molecule has 1 heterocycles. The van der Waals surface area contributed by atoms with E-state index in [0.717, 1.165) is 6.42 Å². The Morgan fingerprint density at radius 2 is 2.00 bits per heavy atom. The molecule has 0 unspecified atom stereocenters. The molecule has 58 valence electrons. The van der Waals surface area contributed by atoms with Crippen LogP contribution >= 0.6 is 12.4 Å². The Morgan fingerprint density at radius 1 is 1.40 bits per heavy atom. The molecule has 10 heavy (non-hydrogen) atoms. The smallest absolute Gasteiger partial charge is 0.0150 e. The van der Waals surface area contributed by atoms with Crippen molar-refractivity contribution in [3.8, 4) is 0 Å². The Balaban J connectivity index is 0.000000810. The number of aromatic amines is 1. The van der Waals surface area contributed by atoms with Crippen molar-refractivity contribution < 1.29 is 0 Å². The highest BCUT2D eigenvalue weighted by Crippen LogP contribution is 2.11. The highest BCUT2D eigenvalue weighted by molar-refractivity contribution is 5.85. The molecule has 0 spiro atoms. The van der Waals surface area contributed by atoms with Crippen LogP contribution in [0.15, 0.2) is 6.20 Å². The molecule has 0 atom stereocenters. The third kappa shape index (κ3) is 1.54. The van der Waals surface area contributed by atoms with Gasteiger partial charge < -0.3 is 4.98 Å². The quantitative estimate of drug-likeness (QED) is 0.649. The predicted octanol–water partition coefficient (Wildman–Crippen LogP) is 2.62. The summed E-state index contributed by atoms with van der Waals surface area (Å²) in [6, 6.07) is 0. The molecule has 0 aliphatic carbocycles. The topological polar surface area (TPSA) is 15.8 Å². The molecule has 0 amide bonds. The van der Waals surface area contributed by atoms with Crippen LogP contribution in [-0.2, 0) is 6.42 Å². The molecule has 0 aliphatic rings. The number of aromatic nitrogens is 1. The lowest BCUT2D eigenvalue weighted by Crippen LogP contribution is -1.82. The van der Waals surface area contributed by atoms with Gasteiger partial charge in [0.05, 0.1) is 0 Å². The average molecular weight is 160 g/mol. The number of hydrogen-bond acceptors (Lipinski definition) is 0. The van der Waals surface area contributed by atoms with E-state index < -0.39 is 0 Å². The molecule has 0 saturated carbocycles. The van der Waals surface area contributed by atoms with Gasteiger partial charge in [0.2, 0.25) is 0 Å². The van der Waals surface area contributed by atoms with Gasteiger partial charge in [0.1, 0.15) is 0 Å². The number of halogens is 1. The van der Waals surface area contributed by atoms with E-state index in [1.54, 1.807) is 0 Å². The van der Waals surface area contributed by atoms with Crippen LogP contribution in [0.5, 0.6) is 0 Å². The molecule has 0 saturated heterocycles. The standard InChI is InChI=1S/C8H13N.ClH/c1-4-8-6(2)5-9-7(8)3;/h5,9H,4H2,1-3H3;1H. The number of nitrogens with one attached hydrogen (secondary N) is 1. The molecule has 0 radical (unpaired) electrons. The van der Waals surface area contributed by atoms with Crippen molar-refractivity contribution in [2.24, 2.45) is 0 Å². The second-order valence-corrected chi connectivity index (χ2v) is 2.43. The zero-order chi connectivity index (χ0) is 6.85. The first-order valence-electron chi connectivity index (χ1n) is 3.39. The van der Waals surface area contributed by atoms with Crippen molar-refractivity contribution in [1.29, 1.82) is 0 Å². The summed E-state index contributed by atoms with van der Waals surface area (Å²) in [5.41, 5.74) is 4.17. The van der Waals surface area contributed by atoms with Crippen LogP contribution in [0.1, 0.15) is 23.7 Å². The minimum Gasteiger partial charge on any atom is -0.365 e. The van der Waals surface area contributed by atoms with Crippen LogP contribution in [0.4, 0.5) is 0 Å². The van der Waals surface area contributed by atoms with Crippen molar-refractivity contribution in [2.45, 2.75) is 27.2 Å². The molecule has 2 heteroatoms. The van der Waals surface area contributed by atoms with Crippen LogP contribution in [0.3, 0.4) is 0 Å². The fraction of sp³-hybridized carbons (Fsp3) is 0.500. The van der Waals surface area contributed by atoms with E-state index >= 15 is 0 Å². The summed E-state index contributed by atoms with van der Waals surface area (Å²) in [4.78, 5) is 3.19. The van der Waals surface area contributed by atoms with Gasteiger partial charge in [0, 0.05) is 11.9 Å². The summed E-state index contributed by atoms with van der Waals surface area (Å²) in [6.45, 7) is 6.44. The molecule has 0 bridgehead atoms. The van der Waals surface area contributed by atoms with Crippen LogP contribution in [0, 0.1) is 13.8 Å². The van der Waals surface area contributed by atoms with Crippen LogP contribution in [-0.4, -0.2) is 4.98 Å². The molecule has 1 N–H and O–H groups in total. The van der Waals surface area contributed by atoms with Crippen molar-refractivity contribution in [3.63, 3.8) is 0 Å². The minimum absolute atomic E-state index is 0. The lowest BCUT2D eigenvalue weighted by Gasteiger charge is -1.93. The summed E-state index contributed by atoms with van der Waals surface area (Å²) in [5, 5.41) is 0. The van der Waals surface area contributed by atoms with E-state index in [0.29, 0.717) is 0 Å². The maximum absolute atomic E-state index is 3.19. The van der Waals surface area contributed by atoms with E-state index in [1.165, 1.54) is 16.8 Å². The second-order valence-electron chi connectivity index (χ2n) is 2.43. The molecular weight excluding hydrogens is 146 g/mol. The lowest BCUT2D eigenvalue weighted by molar-refractivity contribution is 1.08. The van der Waals surface area contributed by atoms with Gasteiger partial charge in [-0.05, 0) is 31.4 Å². The highest BCUT2D eigenvalue weighted by Gasteiger charge is 1.98. The lowest BCUT2D eigenvalue weighted by atomic mass is 10.1. The molecule has 0 fully saturated rings. The molecule has 1 aromatic heterocycles. The first-order valence-corrected chi connectivity index (χ1v) is 3.39. The largest absolute Gasteiger partial charge is 0.365 e. The van der Waals surface area contributed by atoms with Crippen LogP contribution in [0.25, 0.3) is 0 Å². The third-order valence-corrected chi connectivity index (χ3v) is 1.79. The van der Waals surface area contributed by atoms with Crippen molar-refractivity contribution in [3.05, 3.63) is 23.0 Å². The number of aryl methyl sites for hydroxylation is 2. The summed E-state index contributed by atoms with van der Waals surface area (Å²) >= 11 is 0. The Kier molecular flexibility index (Phi) is 3.51. The zero-order valence-electron chi connectivity index (χ0n) is 6.69. The predicted molar refractivity (Wildman–Crippen MR) is 46.9 cm³/mol. The highest BCUT2D eigenvalue weighted by atomic mass is 35.5. The van der Waals surface area contributed by atoms with Gasteiger partial charge in [-0.1, -0.05) is 6.92 Å². The summed E-state index contributed by atoms with van der Waals surface area (Å²) in [5.74, 6) is 0. The molecule has 1 nitrogen and oxygen atoms in total. The fourth-order valence-electron chi connectivity index (χ4n) is 1.23. The summed E-state index contributed by atoms with van der Waals surface area (Å²) in [6.07, 6.45) is 3.20. The van der Waals surface area contributed by atoms with E-state index in [9.17, 15) is 0 Å². The zero-order valence-corrected chi connectivity index (χ0v) is 7.51. The molecule has 1 rings (SSSR count). The Morgan fingerprint density at radius 3 is 2.20 bits per heavy atom. The van der Waals surface area contributed by atoms with E-state index in [-0.39, 0.29) is 12.4 Å². The number of hydrogen-bond donors (Lipinski definition) is 1. The molecule has 0 aliphatic heterocycles. The molecule has 0 aromatic carbocycles. The van der Waals surface area contributed by atoms with Gasteiger partial charge in [0.15, 0.2) is 0 Å². The van der Waals surface area contributed by atoms with Crippen molar-refractivity contribution >= 4 is 12.4 Å². The van der Waals surface area contributed by atoms with Crippen molar-refractivity contribution in [2.75, 3.05) is 0 Å². The minimum atomic E-state index is 0. The Hall–Kier alpha value is -0.430. The van der Waals surface area contributed by atoms with E-state index in [1.807, 2.05) is 0 Å². The SMILES string of the molecule is CCc1c(C)c[nH]c1C.Cl. The van der Waals surface area contributed by atoms with Gasteiger partial charge in [-0.2, -0.15) is 0 Å². The van der Waals surface area contributed by atoms with Gasteiger partial charge in [-0.15, -0.1) is 12.4 Å². The van der Waals surface area contributed by atoms with Gasteiger partial charge in [-0.3, -0.25) is 0 Å². The first kappa shape index (κ1) is 9.57. The first-order chi connectivity index (χ1) is 4.25. The molecular formula is C8H14ClN. The average Bonchev–Trinajstić information content (AvgIpc) is 2.12. The van der Waals surface area contributed by atoms with Gasteiger partial charge >= 0.3 is 0 Å². The number of rotatable bonds is 1. The normalized spacial score (nSPS) is 9.10. The molecule has 1 aromatic rings. The van der Waals surface area contributed by atoms with E-state index in [2.05, 4.69) is 32.0 Å². The maximum Gasteiger partial charge on any atom is 0.0150 e. The summed E-state index contributed by atoms with van der Waals surface area (Å²) in [7, 11) is 0. The van der Waals surface area contributed by atoms with Crippen LogP contribution < -0.4 is 0 Å². The monoisotopic (exact) mass is 159 g/mol. The second kappa shape index (κ2) is 3.67. The van der Waals surface area contributed by atoms with Crippen LogP contribution in [0.2, 0.25) is 0 Å². The Labute approximate surface area is 68.3 Å².